The van der Waals surface area contributed by atoms with Crippen LogP contribution in [0, 0.1) is 10.8 Å². The number of benzene rings is 2. The fourth-order valence-corrected chi connectivity index (χ4v) is 6.34. The summed E-state index contributed by atoms with van der Waals surface area (Å²) in [6, 6.07) is 22.0. The molecule has 3 nitrogen and oxygen atoms in total. The highest BCUT2D eigenvalue weighted by molar-refractivity contribution is 5.95. The minimum absolute atomic E-state index is 0.408. The molecule has 2 aliphatic carbocycles. The van der Waals surface area contributed by atoms with Gasteiger partial charge in [0.25, 0.3) is 0 Å². The minimum Gasteiger partial charge on any atom is -0.306 e. The third kappa shape index (κ3) is 6.07. The Morgan fingerprint density at radius 1 is 0.639 bits per heavy atom. The van der Waals surface area contributed by atoms with Crippen LogP contribution in [0.4, 0.5) is 0 Å². The maximum atomic E-state index is 14.9. The Kier molecular flexibility index (Phi) is 8.64. The largest absolute Gasteiger partial charge is 0.306 e. The van der Waals surface area contributed by atoms with E-state index in [0.717, 1.165) is 51.4 Å². The van der Waals surface area contributed by atoms with Crippen molar-refractivity contribution in [2.75, 3.05) is 28.2 Å². The lowest BCUT2D eigenvalue weighted by molar-refractivity contribution is -0.138. The minimum atomic E-state index is -0.408. The van der Waals surface area contributed by atoms with Crippen molar-refractivity contribution in [2.45, 2.75) is 63.5 Å². The smallest absolute Gasteiger partial charge is 0.152 e. The zero-order valence-electron chi connectivity index (χ0n) is 22.7. The van der Waals surface area contributed by atoms with Crippen molar-refractivity contribution >= 4 is 17.9 Å². The van der Waals surface area contributed by atoms with Crippen molar-refractivity contribution in [1.29, 1.82) is 0 Å². The van der Waals surface area contributed by atoms with E-state index in [1.807, 2.05) is 12.1 Å². The predicted octanol–water partition coefficient (Wildman–Crippen LogP) is 6.96. The van der Waals surface area contributed by atoms with Gasteiger partial charge in [0, 0.05) is 22.9 Å². The van der Waals surface area contributed by atoms with Gasteiger partial charge in [-0.05, 0) is 90.7 Å². The summed E-state index contributed by atoms with van der Waals surface area (Å²) in [5, 5.41) is 0. The van der Waals surface area contributed by atoms with Crippen LogP contribution in [0.1, 0.15) is 62.5 Å². The number of carbonyl (C=O) groups excluding carboxylic acids is 1. The second kappa shape index (κ2) is 11.7. The molecule has 0 unspecified atom stereocenters. The van der Waals surface area contributed by atoms with E-state index >= 15 is 0 Å². The van der Waals surface area contributed by atoms with Gasteiger partial charge in [0.15, 0.2) is 5.78 Å². The number of carbonyl (C=O) groups is 1. The number of hydrogen-bond acceptors (Lipinski definition) is 3. The first-order chi connectivity index (χ1) is 17.3. The maximum absolute atomic E-state index is 14.9. The SMILES string of the molecule is CN(C)C1CCC(C=Cc2ccccc2)(C(=O)C2(C=Cc3ccccc3)CCC(N(C)C)CC2)CC1. The fourth-order valence-electron chi connectivity index (χ4n) is 6.34. The first-order valence-corrected chi connectivity index (χ1v) is 13.7. The van der Waals surface area contributed by atoms with Crippen molar-refractivity contribution in [3.63, 3.8) is 0 Å². The van der Waals surface area contributed by atoms with Gasteiger partial charge in [-0.2, -0.15) is 0 Å². The fraction of sp³-hybridized carbons (Fsp3) is 0.485. The zero-order chi connectivity index (χ0) is 25.6. The molecule has 36 heavy (non-hydrogen) atoms. The van der Waals surface area contributed by atoms with Gasteiger partial charge < -0.3 is 9.80 Å². The first-order valence-electron chi connectivity index (χ1n) is 13.7. The van der Waals surface area contributed by atoms with Gasteiger partial charge in [0.05, 0.1) is 0 Å². The molecule has 0 saturated heterocycles. The Balaban J connectivity index is 1.70. The van der Waals surface area contributed by atoms with Crippen LogP contribution in [0.5, 0.6) is 0 Å². The highest BCUT2D eigenvalue weighted by atomic mass is 16.1. The lowest BCUT2D eigenvalue weighted by atomic mass is 9.58. The number of nitrogens with zero attached hydrogens (tertiary/aromatic N) is 2. The summed E-state index contributed by atoms with van der Waals surface area (Å²) in [7, 11) is 8.69. The van der Waals surface area contributed by atoms with Gasteiger partial charge in [0.2, 0.25) is 0 Å². The number of hydrogen-bond donors (Lipinski definition) is 0. The summed E-state index contributed by atoms with van der Waals surface area (Å²) in [5.74, 6) is 0.448. The summed E-state index contributed by atoms with van der Waals surface area (Å²) in [5.41, 5.74) is 1.53. The first kappa shape index (κ1) is 26.6. The molecule has 0 bridgehead atoms. The van der Waals surface area contributed by atoms with E-state index in [2.05, 4.69) is 111 Å². The monoisotopic (exact) mass is 484 g/mol. The average molecular weight is 485 g/mol. The van der Waals surface area contributed by atoms with Crippen LogP contribution in [-0.4, -0.2) is 55.9 Å². The van der Waals surface area contributed by atoms with Crippen LogP contribution in [0.15, 0.2) is 72.8 Å². The molecular formula is C33H44N2O. The molecule has 0 amide bonds. The molecule has 0 N–H and O–H groups in total. The molecule has 2 saturated carbocycles. The molecule has 0 aromatic heterocycles. The van der Waals surface area contributed by atoms with Crippen LogP contribution in [-0.2, 0) is 4.79 Å². The summed E-state index contributed by atoms with van der Waals surface area (Å²) in [4.78, 5) is 19.5. The van der Waals surface area contributed by atoms with Crippen LogP contribution >= 0.6 is 0 Å². The summed E-state index contributed by atoms with van der Waals surface area (Å²) >= 11 is 0. The molecule has 0 spiro atoms. The lowest BCUT2D eigenvalue weighted by Gasteiger charge is -2.47. The highest BCUT2D eigenvalue weighted by Gasteiger charge is 2.50. The van der Waals surface area contributed by atoms with E-state index < -0.39 is 10.8 Å². The van der Waals surface area contributed by atoms with E-state index in [-0.39, 0.29) is 0 Å². The molecule has 0 heterocycles. The molecule has 0 radical (unpaired) electrons. The molecule has 2 aliphatic rings. The van der Waals surface area contributed by atoms with Gasteiger partial charge in [-0.25, -0.2) is 0 Å². The third-order valence-electron chi connectivity index (χ3n) is 8.85. The molecular weight excluding hydrogens is 440 g/mol. The summed E-state index contributed by atoms with van der Waals surface area (Å²) in [6.07, 6.45) is 16.9. The van der Waals surface area contributed by atoms with Gasteiger partial charge >= 0.3 is 0 Å². The van der Waals surface area contributed by atoms with E-state index in [9.17, 15) is 4.79 Å². The Morgan fingerprint density at radius 3 is 1.28 bits per heavy atom. The van der Waals surface area contributed by atoms with Crippen molar-refractivity contribution in [1.82, 2.24) is 9.80 Å². The van der Waals surface area contributed by atoms with Crippen molar-refractivity contribution in [3.8, 4) is 0 Å². The lowest BCUT2D eigenvalue weighted by Crippen LogP contribution is -2.49. The van der Waals surface area contributed by atoms with E-state index in [0.29, 0.717) is 17.9 Å². The van der Waals surface area contributed by atoms with Crippen LogP contribution < -0.4 is 0 Å². The van der Waals surface area contributed by atoms with Crippen LogP contribution in [0.3, 0.4) is 0 Å². The van der Waals surface area contributed by atoms with Crippen molar-refractivity contribution in [2.24, 2.45) is 10.8 Å². The Morgan fingerprint density at radius 2 is 0.972 bits per heavy atom. The number of allylic oxidation sites excluding steroid dienone is 2. The number of Topliss-reactive ketones (excluding diaryl/α,β-unsaturated/α-hetero) is 1. The molecule has 2 fully saturated rings. The third-order valence-corrected chi connectivity index (χ3v) is 8.85. The molecule has 0 atom stereocenters. The Hall–Kier alpha value is -2.49. The van der Waals surface area contributed by atoms with Gasteiger partial charge in [-0.3, -0.25) is 4.79 Å². The quantitative estimate of drug-likeness (QED) is 0.404. The van der Waals surface area contributed by atoms with Crippen molar-refractivity contribution < 1.29 is 4.79 Å². The predicted molar refractivity (Wildman–Crippen MR) is 153 cm³/mol. The molecule has 3 heteroatoms. The molecule has 2 aromatic carbocycles. The second-order valence-electron chi connectivity index (χ2n) is 11.5. The van der Waals surface area contributed by atoms with E-state index in [1.165, 1.54) is 11.1 Å². The molecule has 4 rings (SSSR count). The zero-order valence-corrected chi connectivity index (χ0v) is 22.7. The summed E-state index contributed by atoms with van der Waals surface area (Å²) < 4.78 is 0. The highest BCUT2D eigenvalue weighted by Crippen LogP contribution is 2.50. The number of ketones is 1. The van der Waals surface area contributed by atoms with Gasteiger partial charge in [0.1, 0.15) is 0 Å². The molecule has 2 aromatic rings. The Labute approximate surface area is 218 Å². The van der Waals surface area contributed by atoms with Crippen molar-refractivity contribution in [3.05, 3.63) is 83.9 Å². The summed E-state index contributed by atoms with van der Waals surface area (Å²) in [6.45, 7) is 0. The van der Waals surface area contributed by atoms with Gasteiger partial charge in [-0.15, -0.1) is 0 Å². The molecule has 192 valence electrons. The average Bonchev–Trinajstić information content (AvgIpc) is 2.92. The second-order valence-corrected chi connectivity index (χ2v) is 11.5. The van der Waals surface area contributed by atoms with E-state index in [1.54, 1.807) is 0 Å². The van der Waals surface area contributed by atoms with E-state index in [4.69, 9.17) is 0 Å². The maximum Gasteiger partial charge on any atom is 0.152 e. The van der Waals surface area contributed by atoms with Crippen LogP contribution in [0.2, 0.25) is 0 Å². The number of rotatable bonds is 8. The Bertz CT molecular complexity index is 938. The normalized spacial score (nSPS) is 29.4. The standard InChI is InChI=1S/C33H44N2O/c1-34(2)29-17-23-32(24-18-29,21-15-27-11-7-5-8-12-27)31(36)33(22-16-28-13-9-6-10-14-28)25-19-30(20-26-33)35(3)4/h5-16,21-22,29-30H,17-20,23-26H2,1-4H3. The topological polar surface area (TPSA) is 23.6 Å². The van der Waals surface area contributed by atoms with Crippen LogP contribution in [0.25, 0.3) is 12.2 Å². The molecule has 0 aliphatic heterocycles. The van der Waals surface area contributed by atoms with Gasteiger partial charge in [-0.1, -0.05) is 85.0 Å².